The number of anilines is 3. The third kappa shape index (κ3) is 5.43. The van der Waals surface area contributed by atoms with Crippen LogP contribution in [0, 0.1) is 0 Å². The molecule has 0 saturated heterocycles. The van der Waals surface area contributed by atoms with E-state index in [0.29, 0.717) is 10.1 Å². The third-order valence-corrected chi connectivity index (χ3v) is 6.15. The van der Waals surface area contributed by atoms with Crippen molar-refractivity contribution < 1.29 is 32.2 Å². The lowest BCUT2D eigenvalue weighted by Crippen LogP contribution is -2.42. The zero-order chi connectivity index (χ0) is 26.5. The van der Waals surface area contributed by atoms with E-state index in [1.54, 1.807) is 32.0 Å². The summed E-state index contributed by atoms with van der Waals surface area (Å²) in [6.07, 6.45) is 0.987. The van der Waals surface area contributed by atoms with E-state index >= 15 is 0 Å². The molecule has 36 heavy (non-hydrogen) atoms. The quantitative estimate of drug-likeness (QED) is 0.386. The molecule has 2 amide bonds. The van der Waals surface area contributed by atoms with Gasteiger partial charge in [0.1, 0.15) is 11.4 Å². The van der Waals surface area contributed by atoms with Gasteiger partial charge >= 0.3 is 12.0 Å². The maximum Gasteiger partial charge on any atom is 0.344 e. The van der Waals surface area contributed by atoms with Gasteiger partial charge in [-0.05, 0) is 19.1 Å². The fourth-order valence-electron chi connectivity index (χ4n) is 2.84. The van der Waals surface area contributed by atoms with Gasteiger partial charge in [-0.15, -0.1) is 0 Å². The molecule has 0 aromatic carbocycles. The average molecular weight is 521 g/mol. The molecule has 0 aliphatic heterocycles. The Balaban J connectivity index is 2.14. The normalized spacial score (nSPS) is 10.9. The number of amides is 2. The summed E-state index contributed by atoms with van der Waals surface area (Å²) < 4.78 is 42.8. The van der Waals surface area contributed by atoms with Crippen LogP contribution in [-0.2, 0) is 14.8 Å². The van der Waals surface area contributed by atoms with E-state index in [4.69, 9.17) is 14.2 Å². The zero-order valence-corrected chi connectivity index (χ0v) is 20.9. The topological polar surface area (TPSA) is 182 Å². The van der Waals surface area contributed by atoms with Crippen LogP contribution >= 0.6 is 0 Å². The minimum Gasteiger partial charge on any atom is -0.481 e. The molecule has 192 valence electrons. The van der Waals surface area contributed by atoms with Crippen LogP contribution in [0.3, 0.4) is 0 Å². The van der Waals surface area contributed by atoms with Gasteiger partial charge in [-0.1, -0.05) is 6.07 Å². The van der Waals surface area contributed by atoms with Crippen LogP contribution in [0.2, 0.25) is 0 Å². The van der Waals surface area contributed by atoms with Crippen LogP contribution in [0.4, 0.5) is 22.4 Å². The van der Waals surface area contributed by atoms with Crippen molar-refractivity contribution in [1.82, 2.24) is 25.1 Å². The Morgan fingerprint density at radius 3 is 2.28 bits per heavy atom. The SMILES string of the molecule is CCOC(=O)c1cn[nH]c1S(=O)(=O)N(C(=O)Nc1nc(OC)cc(OC)n1)c1cccc(N(C)C)n1. The highest BCUT2D eigenvalue weighted by molar-refractivity contribution is 7.93. The number of ether oxygens (including phenoxy) is 3. The van der Waals surface area contributed by atoms with Crippen LogP contribution in [0.25, 0.3) is 0 Å². The van der Waals surface area contributed by atoms with Gasteiger partial charge in [-0.25, -0.2) is 14.6 Å². The number of hydrogen-bond acceptors (Lipinski definition) is 12. The number of carbonyl (C=O) groups excluding carboxylic acids is 2. The first kappa shape index (κ1) is 26.1. The number of carbonyl (C=O) groups is 2. The van der Waals surface area contributed by atoms with Crippen LogP contribution in [0.15, 0.2) is 35.5 Å². The average Bonchev–Trinajstić information content (AvgIpc) is 3.35. The number of nitrogens with one attached hydrogen (secondary N) is 2. The van der Waals surface area contributed by atoms with Gasteiger partial charge in [0.25, 0.3) is 10.0 Å². The summed E-state index contributed by atoms with van der Waals surface area (Å²) in [5.74, 6) is -1.07. The first-order valence-electron chi connectivity index (χ1n) is 10.3. The summed E-state index contributed by atoms with van der Waals surface area (Å²) in [7, 11) is 1.27. The molecular weight excluding hydrogens is 496 g/mol. The maximum absolute atomic E-state index is 13.7. The van der Waals surface area contributed by atoms with Crippen molar-refractivity contribution in [3.8, 4) is 11.8 Å². The van der Waals surface area contributed by atoms with E-state index in [1.165, 1.54) is 32.4 Å². The van der Waals surface area contributed by atoms with Crippen molar-refractivity contribution in [2.75, 3.05) is 49.4 Å². The molecule has 2 N–H and O–H groups in total. The molecular formula is C20H24N8O7S. The molecule has 15 nitrogen and oxygen atoms in total. The molecule has 3 aromatic rings. The molecule has 0 fully saturated rings. The summed E-state index contributed by atoms with van der Waals surface area (Å²) >= 11 is 0. The Kier molecular flexibility index (Phi) is 7.88. The van der Waals surface area contributed by atoms with Gasteiger partial charge in [-0.3, -0.25) is 10.4 Å². The highest BCUT2D eigenvalue weighted by atomic mass is 32.2. The van der Waals surface area contributed by atoms with Crippen LogP contribution in [0.1, 0.15) is 17.3 Å². The molecule has 0 unspecified atom stereocenters. The molecule has 0 radical (unpaired) electrons. The van der Waals surface area contributed by atoms with Gasteiger partial charge < -0.3 is 19.1 Å². The Hall–Kier alpha value is -4.47. The fourth-order valence-corrected chi connectivity index (χ4v) is 4.22. The largest absolute Gasteiger partial charge is 0.481 e. The molecule has 16 heteroatoms. The number of aromatic amines is 1. The second-order valence-electron chi connectivity index (χ2n) is 7.06. The van der Waals surface area contributed by atoms with E-state index in [1.807, 2.05) is 0 Å². The van der Waals surface area contributed by atoms with Gasteiger partial charge in [0, 0.05) is 14.1 Å². The summed E-state index contributed by atoms with van der Waals surface area (Å²) in [5, 5.41) is 7.54. The minimum absolute atomic E-state index is 0.00481. The number of rotatable bonds is 9. The lowest BCUT2D eigenvalue weighted by molar-refractivity contribution is 0.0521. The monoisotopic (exact) mass is 520 g/mol. The summed E-state index contributed by atoms with van der Waals surface area (Å²) in [6.45, 7) is 1.56. The summed E-state index contributed by atoms with van der Waals surface area (Å²) in [5.41, 5.74) is -0.391. The van der Waals surface area contributed by atoms with E-state index in [2.05, 4.69) is 30.5 Å². The number of esters is 1. The Morgan fingerprint density at radius 2 is 1.69 bits per heavy atom. The molecule has 0 saturated carbocycles. The maximum atomic E-state index is 13.7. The summed E-state index contributed by atoms with van der Waals surface area (Å²) in [4.78, 5) is 39.6. The Bertz CT molecular complexity index is 1340. The predicted molar refractivity (Wildman–Crippen MR) is 127 cm³/mol. The smallest absolute Gasteiger partial charge is 0.344 e. The molecule has 0 spiro atoms. The lowest BCUT2D eigenvalue weighted by atomic mass is 10.4. The molecule has 3 rings (SSSR count). The number of methoxy groups -OCH3 is 2. The van der Waals surface area contributed by atoms with Crippen molar-refractivity contribution in [3.05, 3.63) is 36.0 Å². The highest BCUT2D eigenvalue weighted by Gasteiger charge is 2.38. The second-order valence-corrected chi connectivity index (χ2v) is 8.78. The van der Waals surface area contributed by atoms with Crippen LogP contribution < -0.4 is 24.0 Å². The predicted octanol–water partition coefficient (Wildman–Crippen LogP) is 1.28. The van der Waals surface area contributed by atoms with Crippen molar-refractivity contribution in [1.29, 1.82) is 0 Å². The molecule has 0 aliphatic rings. The zero-order valence-electron chi connectivity index (χ0n) is 20.0. The first-order valence-corrected chi connectivity index (χ1v) is 11.7. The number of sulfonamides is 1. The standard InChI is InChI=1S/C20H24N8O7S/c1-6-35-18(29)12-11-21-26-17(12)36(31,32)28(14-9-7-8-13(22-14)27(2)3)20(30)25-19-23-15(33-4)10-16(24-19)34-5/h7-11H,6H2,1-5H3,(H,21,26)(H,23,24,25,30). The molecule has 0 bridgehead atoms. The summed E-state index contributed by atoms with van der Waals surface area (Å²) in [6, 6.07) is 4.58. The van der Waals surface area contributed by atoms with E-state index < -0.39 is 32.6 Å². The van der Waals surface area contributed by atoms with Crippen molar-refractivity contribution >= 4 is 39.6 Å². The lowest BCUT2D eigenvalue weighted by Gasteiger charge is -2.22. The van der Waals surface area contributed by atoms with E-state index in [0.717, 1.165) is 6.20 Å². The molecule has 0 atom stereocenters. The Morgan fingerprint density at radius 1 is 1.06 bits per heavy atom. The first-order chi connectivity index (χ1) is 17.1. The van der Waals surface area contributed by atoms with Crippen molar-refractivity contribution in [2.24, 2.45) is 0 Å². The van der Waals surface area contributed by atoms with Crippen LogP contribution in [0.5, 0.6) is 11.8 Å². The van der Waals surface area contributed by atoms with Gasteiger partial charge in [-0.2, -0.15) is 27.8 Å². The number of nitrogens with zero attached hydrogens (tertiary/aromatic N) is 6. The van der Waals surface area contributed by atoms with Crippen molar-refractivity contribution in [2.45, 2.75) is 11.9 Å². The Labute approximate surface area is 206 Å². The number of hydrogen-bond donors (Lipinski definition) is 2. The molecule has 3 aromatic heterocycles. The number of aromatic nitrogens is 5. The van der Waals surface area contributed by atoms with E-state index in [-0.39, 0.29) is 30.1 Å². The molecule has 3 heterocycles. The van der Waals surface area contributed by atoms with Crippen LogP contribution in [-0.4, -0.2) is 80.5 Å². The van der Waals surface area contributed by atoms with Gasteiger partial charge in [0.15, 0.2) is 10.8 Å². The van der Waals surface area contributed by atoms with Gasteiger partial charge in [0.2, 0.25) is 17.7 Å². The third-order valence-electron chi connectivity index (χ3n) is 4.48. The molecule has 0 aliphatic carbocycles. The minimum atomic E-state index is -4.79. The van der Waals surface area contributed by atoms with Crippen molar-refractivity contribution in [3.63, 3.8) is 0 Å². The number of H-pyrrole nitrogens is 1. The van der Waals surface area contributed by atoms with Gasteiger partial charge in [0.05, 0.1) is 33.1 Å². The second kappa shape index (κ2) is 10.9. The van der Waals surface area contributed by atoms with E-state index in [9.17, 15) is 18.0 Å². The number of urea groups is 1. The fraction of sp³-hybridized carbons (Fsp3) is 0.300. The highest BCUT2D eigenvalue weighted by Crippen LogP contribution is 2.27. The number of pyridine rings is 1.